The van der Waals surface area contributed by atoms with Crippen molar-refractivity contribution in [3.63, 3.8) is 0 Å². The number of pyridine rings is 1. The van der Waals surface area contributed by atoms with E-state index in [1.807, 2.05) is 24.5 Å². The van der Waals surface area contributed by atoms with Crippen molar-refractivity contribution in [3.8, 4) is 22.5 Å². The Morgan fingerprint density at radius 2 is 1.59 bits per heavy atom. The van der Waals surface area contributed by atoms with E-state index in [9.17, 15) is 4.39 Å². The molecule has 3 nitrogen and oxygen atoms in total. The van der Waals surface area contributed by atoms with Crippen LogP contribution < -0.4 is 0 Å². The van der Waals surface area contributed by atoms with Crippen LogP contribution in [0.25, 0.3) is 22.5 Å². The summed E-state index contributed by atoms with van der Waals surface area (Å²) in [4.78, 5) is 8.72. The van der Waals surface area contributed by atoms with E-state index >= 15 is 0 Å². The monoisotopic (exact) mass is 375 g/mol. The maximum Gasteiger partial charge on any atom is 0.123 e. The number of imidazole rings is 1. The van der Waals surface area contributed by atoms with Crippen molar-refractivity contribution in [1.29, 1.82) is 0 Å². The Bertz CT molecular complexity index is 999. The summed E-state index contributed by atoms with van der Waals surface area (Å²) in [5.41, 5.74) is 5.08. The van der Waals surface area contributed by atoms with Gasteiger partial charge in [0.1, 0.15) is 12.1 Å². The fourth-order valence-electron chi connectivity index (χ4n) is 2.93. The Morgan fingerprint density at radius 3 is 2.33 bits per heavy atom. The summed E-state index contributed by atoms with van der Waals surface area (Å²) in [7, 11) is 0. The third-order valence-electron chi connectivity index (χ3n) is 4.27. The van der Waals surface area contributed by atoms with Crippen LogP contribution in [0.1, 0.15) is 5.56 Å². The molecule has 0 spiro atoms. The van der Waals surface area contributed by atoms with Gasteiger partial charge in [0.15, 0.2) is 0 Å². The van der Waals surface area contributed by atoms with E-state index < -0.39 is 0 Å². The van der Waals surface area contributed by atoms with Crippen molar-refractivity contribution in [2.45, 2.75) is 6.42 Å². The van der Waals surface area contributed by atoms with Crippen LogP contribution in [0, 0.1) is 5.82 Å². The predicted molar refractivity (Wildman–Crippen MR) is 109 cm³/mol. The predicted octanol–water partition coefficient (Wildman–Crippen LogP) is 5.49. The van der Waals surface area contributed by atoms with Crippen molar-refractivity contribution in [2.24, 2.45) is 0 Å². The molecule has 0 radical (unpaired) electrons. The van der Waals surface area contributed by atoms with Crippen LogP contribution in [-0.4, -0.2) is 19.7 Å². The number of aromatic nitrogens is 3. The second-order valence-electron chi connectivity index (χ2n) is 6.08. The summed E-state index contributed by atoms with van der Waals surface area (Å²) in [6.45, 7) is 0. The van der Waals surface area contributed by atoms with E-state index in [0.29, 0.717) is 0 Å². The highest BCUT2D eigenvalue weighted by Gasteiger charge is 2.15. The Hall–Kier alpha value is -2.92. The summed E-state index contributed by atoms with van der Waals surface area (Å²) < 4.78 is 15.5. The highest BCUT2D eigenvalue weighted by molar-refractivity contribution is 7.97. The highest BCUT2D eigenvalue weighted by Crippen LogP contribution is 2.33. The van der Waals surface area contributed by atoms with Crippen LogP contribution in [0.2, 0.25) is 0 Å². The molecular formula is C22H18FN3S. The van der Waals surface area contributed by atoms with E-state index in [1.54, 1.807) is 36.5 Å². The summed E-state index contributed by atoms with van der Waals surface area (Å²) in [5, 5.41) is 0. The van der Waals surface area contributed by atoms with E-state index in [-0.39, 0.29) is 5.82 Å². The Kier molecular flexibility index (Phi) is 5.30. The third-order valence-corrected chi connectivity index (χ3v) is 5.21. The van der Waals surface area contributed by atoms with Gasteiger partial charge in [-0.1, -0.05) is 30.3 Å². The average Bonchev–Trinajstić information content (AvgIpc) is 3.14. The fraction of sp³-hybridized carbons (Fsp3) is 0.0909. The lowest BCUT2D eigenvalue weighted by Crippen LogP contribution is -1.95. The zero-order chi connectivity index (χ0) is 18.5. The molecule has 27 heavy (non-hydrogen) atoms. The molecule has 0 unspecified atom stereocenters. The molecule has 0 amide bonds. The first-order chi connectivity index (χ1) is 13.3. The van der Waals surface area contributed by atoms with Gasteiger partial charge in [-0.15, -0.1) is 0 Å². The van der Waals surface area contributed by atoms with Gasteiger partial charge in [-0.05, 0) is 60.3 Å². The summed E-state index contributed by atoms with van der Waals surface area (Å²) in [6, 6.07) is 20.9. The summed E-state index contributed by atoms with van der Waals surface area (Å²) in [6.07, 6.45) is 6.32. The number of halogens is 1. The second-order valence-corrected chi connectivity index (χ2v) is 7.14. The molecule has 0 saturated carbocycles. The van der Waals surface area contributed by atoms with Crippen LogP contribution in [0.5, 0.6) is 0 Å². The van der Waals surface area contributed by atoms with Crippen LogP contribution >= 0.6 is 11.9 Å². The van der Waals surface area contributed by atoms with E-state index in [4.69, 9.17) is 0 Å². The number of benzene rings is 2. The van der Waals surface area contributed by atoms with Gasteiger partial charge in [0.25, 0.3) is 0 Å². The lowest BCUT2D eigenvalue weighted by atomic mass is 10.1. The van der Waals surface area contributed by atoms with Gasteiger partial charge in [0.05, 0.1) is 11.4 Å². The van der Waals surface area contributed by atoms with Gasteiger partial charge in [-0.2, -0.15) is 0 Å². The van der Waals surface area contributed by atoms with Crippen molar-refractivity contribution in [3.05, 3.63) is 96.8 Å². The van der Waals surface area contributed by atoms with Crippen molar-refractivity contribution in [2.75, 3.05) is 5.75 Å². The van der Waals surface area contributed by atoms with Gasteiger partial charge in [-0.25, -0.2) is 9.37 Å². The minimum Gasteiger partial charge on any atom is -0.271 e. The molecule has 0 fully saturated rings. The van der Waals surface area contributed by atoms with Gasteiger partial charge < -0.3 is 0 Å². The second kappa shape index (κ2) is 8.18. The van der Waals surface area contributed by atoms with Gasteiger partial charge in [0, 0.05) is 29.3 Å². The Balaban J connectivity index is 1.64. The number of hydrogen-bond acceptors (Lipinski definition) is 3. The summed E-state index contributed by atoms with van der Waals surface area (Å²) >= 11 is 1.70. The molecule has 2 aromatic heterocycles. The lowest BCUT2D eigenvalue weighted by Gasteiger charge is -2.10. The molecule has 0 atom stereocenters. The molecule has 0 bridgehead atoms. The van der Waals surface area contributed by atoms with Crippen molar-refractivity contribution >= 4 is 11.9 Å². The smallest absolute Gasteiger partial charge is 0.123 e. The first kappa shape index (κ1) is 17.5. The number of hydrogen-bond donors (Lipinski definition) is 0. The van der Waals surface area contributed by atoms with Gasteiger partial charge in [0.2, 0.25) is 0 Å². The highest BCUT2D eigenvalue weighted by atomic mass is 32.2. The minimum atomic E-state index is -0.244. The standard InChI is InChI=1S/C22H18FN3S/c23-20-8-6-19(7-9-20)22-21(18-10-13-24-14-11-18)25-16-26(22)27-15-12-17-4-2-1-3-5-17/h1-11,13-14,16H,12,15H2. The van der Waals surface area contributed by atoms with E-state index in [1.165, 1.54) is 17.7 Å². The molecular weight excluding hydrogens is 357 g/mol. The molecule has 4 rings (SSSR count). The van der Waals surface area contributed by atoms with Crippen molar-refractivity contribution in [1.82, 2.24) is 13.9 Å². The normalized spacial score (nSPS) is 10.9. The maximum atomic E-state index is 13.4. The van der Waals surface area contributed by atoms with E-state index in [0.717, 1.165) is 34.7 Å². The Labute approximate surface area is 162 Å². The molecule has 0 saturated heterocycles. The number of rotatable bonds is 6. The molecule has 5 heteroatoms. The molecule has 2 heterocycles. The topological polar surface area (TPSA) is 30.7 Å². The number of nitrogens with zero attached hydrogens (tertiary/aromatic N) is 3. The number of aryl methyl sites for hydroxylation is 1. The van der Waals surface area contributed by atoms with Crippen LogP contribution in [0.3, 0.4) is 0 Å². The quantitative estimate of drug-likeness (QED) is 0.446. The fourth-order valence-corrected chi connectivity index (χ4v) is 3.89. The molecule has 2 aromatic carbocycles. The van der Waals surface area contributed by atoms with Gasteiger partial charge >= 0.3 is 0 Å². The molecule has 0 aliphatic carbocycles. The van der Waals surface area contributed by atoms with Crippen LogP contribution in [0.4, 0.5) is 4.39 Å². The maximum absolute atomic E-state index is 13.4. The largest absolute Gasteiger partial charge is 0.271 e. The first-order valence-corrected chi connectivity index (χ1v) is 9.66. The zero-order valence-corrected chi connectivity index (χ0v) is 15.4. The zero-order valence-electron chi connectivity index (χ0n) is 14.6. The van der Waals surface area contributed by atoms with Crippen LogP contribution in [0.15, 0.2) is 85.5 Å². The summed E-state index contributed by atoms with van der Waals surface area (Å²) in [5.74, 6) is 0.677. The van der Waals surface area contributed by atoms with E-state index in [2.05, 4.69) is 38.2 Å². The first-order valence-electron chi connectivity index (χ1n) is 8.72. The van der Waals surface area contributed by atoms with Crippen molar-refractivity contribution < 1.29 is 4.39 Å². The lowest BCUT2D eigenvalue weighted by molar-refractivity contribution is 0.628. The molecule has 4 aromatic rings. The molecule has 0 aliphatic heterocycles. The SMILES string of the molecule is Fc1ccc(-c2c(-c3ccncc3)ncn2SCCc2ccccc2)cc1. The minimum absolute atomic E-state index is 0.244. The molecule has 134 valence electrons. The molecule has 0 aliphatic rings. The van der Waals surface area contributed by atoms with Gasteiger partial charge in [-0.3, -0.25) is 8.96 Å². The Morgan fingerprint density at radius 1 is 0.852 bits per heavy atom. The molecule has 0 N–H and O–H groups in total. The average molecular weight is 375 g/mol. The van der Waals surface area contributed by atoms with Crippen LogP contribution in [-0.2, 0) is 6.42 Å². The third kappa shape index (κ3) is 4.09.